The average Bonchev–Trinajstić information content (AvgIpc) is 3.13. The lowest BCUT2D eigenvalue weighted by atomic mass is 10.1. The highest BCUT2D eigenvalue weighted by atomic mass is 35.5. The highest BCUT2D eigenvalue weighted by Gasteiger charge is 2.23. The van der Waals surface area contributed by atoms with Crippen molar-refractivity contribution in [1.29, 1.82) is 0 Å². The van der Waals surface area contributed by atoms with E-state index in [2.05, 4.69) is 10.6 Å². The van der Waals surface area contributed by atoms with Gasteiger partial charge in [-0.15, -0.1) is 0 Å². The van der Waals surface area contributed by atoms with Gasteiger partial charge < -0.3 is 15.4 Å². The molecule has 1 atom stereocenters. The van der Waals surface area contributed by atoms with E-state index in [1.54, 1.807) is 42.5 Å². The van der Waals surface area contributed by atoms with Crippen molar-refractivity contribution in [2.24, 2.45) is 0 Å². The number of hydrogen-bond donors (Lipinski definition) is 2. The van der Waals surface area contributed by atoms with Crippen LogP contribution in [0.2, 0.25) is 10.0 Å². The van der Waals surface area contributed by atoms with Gasteiger partial charge in [-0.1, -0.05) is 29.3 Å². The molecule has 1 saturated heterocycles. The molecule has 1 aliphatic heterocycles. The summed E-state index contributed by atoms with van der Waals surface area (Å²) < 4.78 is 5.35. The summed E-state index contributed by atoms with van der Waals surface area (Å²) in [4.78, 5) is 24.5. The fourth-order valence-electron chi connectivity index (χ4n) is 2.52. The summed E-state index contributed by atoms with van der Waals surface area (Å²) >= 11 is 11.8. The van der Waals surface area contributed by atoms with Crippen molar-refractivity contribution >= 4 is 46.4 Å². The Bertz CT molecular complexity index is 805. The topological polar surface area (TPSA) is 67.4 Å². The third-order valence-electron chi connectivity index (χ3n) is 3.79. The zero-order chi connectivity index (χ0) is 17.8. The number of rotatable bonds is 4. The van der Waals surface area contributed by atoms with Crippen LogP contribution < -0.4 is 10.6 Å². The smallest absolute Gasteiger partial charge is 0.255 e. The van der Waals surface area contributed by atoms with Crippen molar-refractivity contribution < 1.29 is 14.3 Å². The Morgan fingerprint density at radius 1 is 1.00 bits per heavy atom. The van der Waals surface area contributed by atoms with E-state index >= 15 is 0 Å². The second-order valence-electron chi connectivity index (χ2n) is 5.65. The van der Waals surface area contributed by atoms with Crippen LogP contribution in [0.4, 0.5) is 11.4 Å². The molecular formula is C18H16Cl2N2O3. The van der Waals surface area contributed by atoms with E-state index in [1.807, 2.05) is 0 Å². The minimum atomic E-state index is -0.423. The number of ether oxygens (including phenoxy) is 1. The predicted molar refractivity (Wildman–Crippen MR) is 98.5 cm³/mol. The molecule has 0 aromatic heterocycles. The first-order valence-corrected chi connectivity index (χ1v) is 8.57. The molecule has 0 bridgehead atoms. The van der Waals surface area contributed by atoms with Crippen LogP contribution in [0, 0.1) is 0 Å². The molecule has 7 heteroatoms. The van der Waals surface area contributed by atoms with E-state index in [9.17, 15) is 9.59 Å². The summed E-state index contributed by atoms with van der Waals surface area (Å²) in [6.07, 6.45) is 1.17. The molecule has 2 amide bonds. The van der Waals surface area contributed by atoms with E-state index in [4.69, 9.17) is 27.9 Å². The third kappa shape index (κ3) is 4.51. The van der Waals surface area contributed by atoms with Gasteiger partial charge in [0.05, 0.1) is 10.0 Å². The van der Waals surface area contributed by atoms with Crippen LogP contribution in [0.1, 0.15) is 23.2 Å². The number of halogens is 2. The Balaban J connectivity index is 1.68. The van der Waals surface area contributed by atoms with E-state index in [1.165, 1.54) is 0 Å². The first kappa shape index (κ1) is 17.7. The molecule has 0 spiro atoms. The average molecular weight is 379 g/mol. The van der Waals surface area contributed by atoms with Crippen LogP contribution in [0.25, 0.3) is 0 Å². The molecule has 1 unspecified atom stereocenters. The van der Waals surface area contributed by atoms with Gasteiger partial charge in [0, 0.05) is 23.5 Å². The molecule has 25 heavy (non-hydrogen) atoms. The largest absolute Gasteiger partial charge is 0.368 e. The van der Waals surface area contributed by atoms with Crippen LogP contribution in [0.5, 0.6) is 0 Å². The van der Waals surface area contributed by atoms with E-state index in [-0.39, 0.29) is 11.8 Å². The molecule has 1 aliphatic rings. The van der Waals surface area contributed by atoms with E-state index in [0.717, 1.165) is 6.42 Å². The Morgan fingerprint density at radius 3 is 2.52 bits per heavy atom. The van der Waals surface area contributed by atoms with Crippen molar-refractivity contribution in [2.45, 2.75) is 18.9 Å². The quantitative estimate of drug-likeness (QED) is 0.829. The summed E-state index contributed by atoms with van der Waals surface area (Å²) in [5, 5.41) is 6.29. The zero-order valence-electron chi connectivity index (χ0n) is 13.2. The van der Waals surface area contributed by atoms with Crippen LogP contribution in [-0.2, 0) is 9.53 Å². The second kappa shape index (κ2) is 7.87. The maximum absolute atomic E-state index is 12.4. The van der Waals surface area contributed by atoms with Gasteiger partial charge in [-0.25, -0.2) is 0 Å². The Morgan fingerprint density at radius 2 is 1.80 bits per heavy atom. The Kier molecular flexibility index (Phi) is 5.58. The summed E-state index contributed by atoms with van der Waals surface area (Å²) in [5.74, 6) is -0.508. The molecule has 2 N–H and O–H groups in total. The summed E-state index contributed by atoms with van der Waals surface area (Å²) in [5.41, 5.74) is 1.49. The fraction of sp³-hybridized carbons (Fsp3) is 0.222. The van der Waals surface area contributed by atoms with Crippen LogP contribution >= 0.6 is 23.2 Å². The SMILES string of the molecule is O=C(Nc1ccc(Cl)c(Cl)c1)c1cccc(NC(=O)C2CCCO2)c1. The van der Waals surface area contributed by atoms with Crippen molar-refractivity contribution in [3.05, 3.63) is 58.1 Å². The molecule has 0 aliphatic carbocycles. The molecule has 130 valence electrons. The molecule has 0 saturated carbocycles. The lowest BCUT2D eigenvalue weighted by Gasteiger charge is -2.11. The van der Waals surface area contributed by atoms with Crippen LogP contribution in [0.3, 0.4) is 0 Å². The van der Waals surface area contributed by atoms with Gasteiger partial charge in [-0.3, -0.25) is 9.59 Å². The van der Waals surface area contributed by atoms with Gasteiger partial charge in [0.25, 0.3) is 11.8 Å². The number of benzene rings is 2. The number of carbonyl (C=O) groups excluding carboxylic acids is 2. The summed E-state index contributed by atoms with van der Waals surface area (Å²) in [7, 11) is 0. The zero-order valence-corrected chi connectivity index (χ0v) is 14.7. The van der Waals surface area contributed by atoms with Gasteiger partial charge in [-0.05, 0) is 49.2 Å². The monoisotopic (exact) mass is 378 g/mol. The molecular weight excluding hydrogens is 363 g/mol. The molecule has 0 radical (unpaired) electrons. The van der Waals surface area contributed by atoms with Crippen LogP contribution in [-0.4, -0.2) is 24.5 Å². The number of carbonyl (C=O) groups is 2. The number of anilines is 2. The summed E-state index contributed by atoms with van der Waals surface area (Å²) in [6.45, 7) is 0.601. The normalized spacial score (nSPS) is 16.5. The summed E-state index contributed by atoms with van der Waals surface area (Å²) in [6, 6.07) is 11.5. The standard InChI is InChI=1S/C18H16Cl2N2O3/c19-14-7-6-13(10-15(14)20)21-17(23)11-3-1-4-12(9-11)22-18(24)16-5-2-8-25-16/h1,3-4,6-7,9-10,16H,2,5,8H2,(H,21,23)(H,22,24). The maximum atomic E-state index is 12.4. The number of nitrogens with one attached hydrogen (secondary N) is 2. The molecule has 1 fully saturated rings. The fourth-order valence-corrected chi connectivity index (χ4v) is 2.82. The Labute approximate surface area is 155 Å². The lowest BCUT2D eigenvalue weighted by Crippen LogP contribution is -2.27. The second-order valence-corrected chi connectivity index (χ2v) is 6.47. The maximum Gasteiger partial charge on any atom is 0.255 e. The van der Waals surface area contributed by atoms with E-state index in [0.29, 0.717) is 40.0 Å². The highest BCUT2D eigenvalue weighted by Crippen LogP contribution is 2.25. The van der Waals surface area contributed by atoms with Gasteiger partial charge in [0.1, 0.15) is 6.10 Å². The predicted octanol–water partition coefficient (Wildman–Crippen LogP) is 4.36. The molecule has 5 nitrogen and oxygen atoms in total. The van der Waals surface area contributed by atoms with Gasteiger partial charge in [0.2, 0.25) is 0 Å². The third-order valence-corrected chi connectivity index (χ3v) is 4.53. The van der Waals surface area contributed by atoms with Crippen molar-refractivity contribution in [3.8, 4) is 0 Å². The minimum Gasteiger partial charge on any atom is -0.368 e. The van der Waals surface area contributed by atoms with Gasteiger partial charge in [0.15, 0.2) is 0 Å². The number of hydrogen-bond acceptors (Lipinski definition) is 3. The molecule has 1 heterocycles. The molecule has 2 aromatic rings. The van der Waals surface area contributed by atoms with Gasteiger partial charge >= 0.3 is 0 Å². The molecule has 2 aromatic carbocycles. The minimum absolute atomic E-state index is 0.195. The first-order chi connectivity index (χ1) is 12.0. The van der Waals surface area contributed by atoms with E-state index < -0.39 is 6.10 Å². The highest BCUT2D eigenvalue weighted by molar-refractivity contribution is 6.42. The van der Waals surface area contributed by atoms with Gasteiger partial charge in [-0.2, -0.15) is 0 Å². The number of amides is 2. The van der Waals surface area contributed by atoms with Crippen molar-refractivity contribution in [2.75, 3.05) is 17.2 Å². The van der Waals surface area contributed by atoms with Crippen molar-refractivity contribution in [3.63, 3.8) is 0 Å². The van der Waals surface area contributed by atoms with Crippen LogP contribution in [0.15, 0.2) is 42.5 Å². The molecule has 3 rings (SSSR count). The first-order valence-electron chi connectivity index (χ1n) is 7.82. The lowest BCUT2D eigenvalue weighted by molar-refractivity contribution is -0.124. The Hall–Kier alpha value is -2.08. The van der Waals surface area contributed by atoms with Crippen molar-refractivity contribution in [1.82, 2.24) is 0 Å².